The van der Waals surface area contributed by atoms with E-state index in [4.69, 9.17) is 5.73 Å². The molecule has 76 valence electrons. The average molecular weight is 193 g/mol. The minimum atomic E-state index is -0.469. The summed E-state index contributed by atoms with van der Waals surface area (Å²) in [4.78, 5) is 17.2. The zero-order chi connectivity index (χ0) is 10.6. The maximum absolute atomic E-state index is 11.7. The molecule has 1 aromatic rings. The van der Waals surface area contributed by atoms with Gasteiger partial charge in [-0.1, -0.05) is 0 Å². The summed E-state index contributed by atoms with van der Waals surface area (Å²) in [5.41, 5.74) is 6.38. The summed E-state index contributed by atoms with van der Waals surface area (Å²) in [5, 5.41) is 0. The van der Waals surface area contributed by atoms with Crippen molar-refractivity contribution in [2.45, 2.75) is 19.9 Å². The van der Waals surface area contributed by atoms with Gasteiger partial charge in [0.1, 0.15) is 0 Å². The van der Waals surface area contributed by atoms with E-state index in [9.17, 15) is 4.79 Å². The molecule has 0 radical (unpaired) electrons. The van der Waals surface area contributed by atoms with Crippen LogP contribution in [0, 0.1) is 0 Å². The lowest BCUT2D eigenvalue weighted by Crippen LogP contribution is -2.42. The van der Waals surface area contributed by atoms with Crippen molar-refractivity contribution < 1.29 is 4.79 Å². The van der Waals surface area contributed by atoms with Gasteiger partial charge in [-0.2, -0.15) is 0 Å². The fourth-order valence-electron chi connectivity index (χ4n) is 1.24. The molecule has 0 aliphatic rings. The lowest BCUT2D eigenvalue weighted by molar-refractivity contribution is -0.119. The molecule has 1 aromatic heterocycles. The number of rotatable bonds is 3. The molecule has 0 aromatic carbocycles. The van der Waals surface area contributed by atoms with Crippen LogP contribution in [0.5, 0.6) is 0 Å². The first-order valence-corrected chi connectivity index (χ1v) is 4.63. The predicted molar refractivity (Wildman–Crippen MR) is 55.9 cm³/mol. The van der Waals surface area contributed by atoms with E-state index < -0.39 is 6.04 Å². The highest BCUT2D eigenvalue weighted by Crippen LogP contribution is 2.12. The van der Waals surface area contributed by atoms with Crippen LogP contribution < -0.4 is 10.6 Å². The summed E-state index contributed by atoms with van der Waals surface area (Å²) in [6, 6.07) is 3.12. The summed E-state index contributed by atoms with van der Waals surface area (Å²) in [6.45, 7) is 4.22. The van der Waals surface area contributed by atoms with Crippen molar-refractivity contribution in [2.24, 2.45) is 5.73 Å². The average Bonchev–Trinajstić information content (AvgIpc) is 2.20. The molecule has 0 aliphatic heterocycles. The van der Waals surface area contributed by atoms with Crippen LogP contribution in [0.15, 0.2) is 24.5 Å². The maximum Gasteiger partial charge on any atom is 0.243 e. The van der Waals surface area contributed by atoms with E-state index >= 15 is 0 Å². The van der Waals surface area contributed by atoms with Crippen molar-refractivity contribution in [2.75, 3.05) is 11.4 Å². The molecule has 0 saturated heterocycles. The Morgan fingerprint density at radius 3 is 2.57 bits per heavy atom. The van der Waals surface area contributed by atoms with Crippen LogP contribution in [0.25, 0.3) is 0 Å². The highest BCUT2D eigenvalue weighted by molar-refractivity contribution is 5.96. The van der Waals surface area contributed by atoms with E-state index in [1.165, 1.54) is 0 Å². The largest absolute Gasteiger partial charge is 0.320 e. The molecule has 1 heterocycles. The van der Waals surface area contributed by atoms with Gasteiger partial charge in [0.05, 0.1) is 6.04 Å². The van der Waals surface area contributed by atoms with E-state index in [0.717, 1.165) is 5.69 Å². The van der Waals surface area contributed by atoms with E-state index in [1.807, 2.05) is 6.92 Å². The number of hydrogen-bond acceptors (Lipinski definition) is 3. The summed E-state index contributed by atoms with van der Waals surface area (Å²) < 4.78 is 0. The van der Waals surface area contributed by atoms with Gasteiger partial charge in [-0.25, -0.2) is 0 Å². The van der Waals surface area contributed by atoms with Gasteiger partial charge in [0, 0.05) is 24.6 Å². The van der Waals surface area contributed by atoms with Crippen LogP contribution in [0.2, 0.25) is 0 Å². The van der Waals surface area contributed by atoms with Crippen LogP contribution in [-0.4, -0.2) is 23.5 Å². The molecule has 0 saturated carbocycles. The number of nitrogens with two attached hydrogens (primary N) is 1. The monoisotopic (exact) mass is 193 g/mol. The molecule has 4 nitrogen and oxygen atoms in total. The Labute approximate surface area is 83.7 Å². The molecule has 1 rings (SSSR count). The number of carbonyl (C=O) groups is 1. The standard InChI is InChI=1S/C10H15N3O/c1-3-13(10(14)8(2)11)9-4-6-12-7-5-9/h4-8H,3,11H2,1-2H3. The molecule has 0 bridgehead atoms. The fraction of sp³-hybridized carbons (Fsp3) is 0.400. The van der Waals surface area contributed by atoms with Gasteiger partial charge < -0.3 is 10.6 Å². The smallest absolute Gasteiger partial charge is 0.243 e. The molecule has 1 atom stereocenters. The van der Waals surface area contributed by atoms with Gasteiger partial charge in [-0.05, 0) is 26.0 Å². The van der Waals surface area contributed by atoms with Crippen molar-refractivity contribution in [3.8, 4) is 0 Å². The zero-order valence-electron chi connectivity index (χ0n) is 8.47. The lowest BCUT2D eigenvalue weighted by atomic mass is 10.2. The van der Waals surface area contributed by atoms with Crippen molar-refractivity contribution in [3.63, 3.8) is 0 Å². The summed E-state index contributed by atoms with van der Waals surface area (Å²) in [6.07, 6.45) is 3.32. The van der Waals surface area contributed by atoms with Crippen LogP contribution in [0.4, 0.5) is 5.69 Å². The second kappa shape index (κ2) is 4.72. The van der Waals surface area contributed by atoms with Gasteiger partial charge in [-0.15, -0.1) is 0 Å². The lowest BCUT2D eigenvalue weighted by Gasteiger charge is -2.22. The number of likely N-dealkylation sites (N-methyl/N-ethyl adjacent to an activating group) is 1. The third-order valence-electron chi connectivity index (χ3n) is 1.95. The van der Waals surface area contributed by atoms with Crippen molar-refractivity contribution >= 4 is 11.6 Å². The van der Waals surface area contributed by atoms with Gasteiger partial charge in [-0.3, -0.25) is 9.78 Å². The van der Waals surface area contributed by atoms with Crippen LogP contribution in [-0.2, 0) is 4.79 Å². The van der Waals surface area contributed by atoms with Gasteiger partial charge in [0.25, 0.3) is 0 Å². The molecule has 4 heteroatoms. The van der Waals surface area contributed by atoms with Crippen LogP contribution >= 0.6 is 0 Å². The molecule has 0 spiro atoms. The highest BCUT2D eigenvalue weighted by Gasteiger charge is 2.16. The molecular formula is C10H15N3O. The van der Waals surface area contributed by atoms with Crippen molar-refractivity contribution in [3.05, 3.63) is 24.5 Å². The fourth-order valence-corrected chi connectivity index (χ4v) is 1.24. The molecule has 0 fully saturated rings. The van der Waals surface area contributed by atoms with E-state index in [1.54, 1.807) is 36.4 Å². The summed E-state index contributed by atoms with van der Waals surface area (Å²) >= 11 is 0. The minimum absolute atomic E-state index is 0.0706. The Bertz CT molecular complexity index is 297. The first-order chi connectivity index (χ1) is 6.66. The van der Waals surface area contributed by atoms with Crippen molar-refractivity contribution in [1.82, 2.24) is 4.98 Å². The van der Waals surface area contributed by atoms with Gasteiger partial charge in [0.2, 0.25) is 5.91 Å². The number of aromatic nitrogens is 1. The zero-order valence-corrected chi connectivity index (χ0v) is 8.47. The third-order valence-corrected chi connectivity index (χ3v) is 1.95. The molecule has 1 unspecified atom stereocenters. The Morgan fingerprint density at radius 1 is 1.57 bits per heavy atom. The number of nitrogens with zero attached hydrogens (tertiary/aromatic N) is 2. The van der Waals surface area contributed by atoms with Crippen LogP contribution in [0.3, 0.4) is 0 Å². The Balaban J connectivity index is 2.88. The first-order valence-electron chi connectivity index (χ1n) is 4.63. The topological polar surface area (TPSA) is 59.2 Å². The number of amides is 1. The normalized spacial score (nSPS) is 12.2. The molecule has 0 aliphatic carbocycles. The first kappa shape index (κ1) is 10.7. The Kier molecular flexibility index (Phi) is 3.59. The SMILES string of the molecule is CCN(C(=O)C(C)N)c1ccncc1. The second-order valence-electron chi connectivity index (χ2n) is 3.08. The molecule has 2 N–H and O–H groups in total. The number of pyridine rings is 1. The highest BCUT2D eigenvalue weighted by atomic mass is 16.2. The number of hydrogen-bond donors (Lipinski definition) is 1. The second-order valence-corrected chi connectivity index (χ2v) is 3.08. The predicted octanol–water partition coefficient (Wildman–Crippen LogP) is 0.782. The van der Waals surface area contributed by atoms with Crippen molar-refractivity contribution in [1.29, 1.82) is 0 Å². The quantitative estimate of drug-likeness (QED) is 0.771. The minimum Gasteiger partial charge on any atom is -0.320 e. The van der Waals surface area contributed by atoms with E-state index in [-0.39, 0.29) is 5.91 Å². The maximum atomic E-state index is 11.7. The van der Waals surface area contributed by atoms with Gasteiger partial charge in [0.15, 0.2) is 0 Å². The Morgan fingerprint density at radius 2 is 2.14 bits per heavy atom. The number of anilines is 1. The third kappa shape index (κ3) is 2.29. The van der Waals surface area contributed by atoms with E-state index in [2.05, 4.69) is 4.98 Å². The van der Waals surface area contributed by atoms with Crippen LogP contribution in [0.1, 0.15) is 13.8 Å². The number of carbonyl (C=O) groups excluding carboxylic acids is 1. The molecular weight excluding hydrogens is 178 g/mol. The molecule has 14 heavy (non-hydrogen) atoms. The van der Waals surface area contributed by atoms with Gasteiger partial charge >= 0.3 is 0 Å². The van der Waals surface area contributed by atoms with E-state index in [0.29, 0.717) is 6.54 Å². The Hall–Kier alpha value is -1.42. The molecule has 1 amide bonds. The summed E-state index contributed by atoms with van der Waals surface area (Å²) in [5.74, 6) is -0.0706. The summed E-state index contributed by atoms with van der Waals surface area (Å²) in [7, 11) is 0.